The number of hydrogen-bond donors (Lipinski definition) is 0. The van der Waals surface area contributed by atoms with Gasteiger partial charge in [-0.15, -0.1) is 0 Å². The summed E-state index contributed by atoms with van der Waals surface area (Å²) in [5, 5.41) is 0. The van der Waals surface area contributed by atoms with Crippen LogP contribution in [0.5, 0.6) is 0 Å². The number of rotatable bonds is 1. The van der Waals surface area contributed by atoms with E-state index in [1.54, 1.807) is 14.1 Å². The summed E-state index contributed by atoms with van der Waals surface area (Å²) in [6.45, 7) is 3.89. The maximum atomic E-state index is 3.95. The molecule has 0 saturated heterocycles. The molecular formula is C8H18N2Pd. The SMILES string of the molecule is CN=C(C)C(C)=NC.[CH3-].[CH3-].[Pd+2]. The average Bonchev–Trinajstić information content (AvgIpc) is 1.84. The Labute approximate surface area is 84.9 Å². The topological polar surface area (TPSA) is 24.7 Å². The minimum absolute atomic E-state index is 0. The molecule has 0 spiro atoms. The molecule has 0 aliphatic rings. The molecule has 0 aromatic rings. The molecule has 0 bridgehead atoms. The molecule has 0 rings (SSSR count). The third-order valence-corrected chi connectivity index (χ3v) is 1.19. The second-order valence-corrected chi connectivity index (χ2v) is 1.62. The minimum Gasteiger partial charge on any atom is -0.358 e. The monoisotopic (exact) mass is 248 g/mol. The fourth-order valence-corrected chi connectivity index (χ4v) is 0.324. The van der Waals surface area contributed by atoms with Gasteiger partial charge < -0.3 is 14.9 Å². The molecule has 0 fully saturated rings. The van der Waals surface area contributed by atoms with Crippen LogP contribution in [0, 0.1) is 14.9 Å². The van der Waals surface area contributed by atoms with Crippen molar-refractivity contribution < 1.29 is 20.4 Å². The van der Waals surface area contributed by atoms with Crippen LogP contribution in [0.1, 0.15) is 13.8 Å². The summed E-state index contributed by atoms with van der Waals surface area (Å²) < 4.78 is 0. The normalized spacial score (nSPS) is 10.5. The summed E-state index contributed by atoms with van der Waals surface area (Å²) in [5.41, 5.74) is 2.01. The fraction of sp³-hybridized carbons (Fsp3) is 0.500. The molecule has 0 aliphatic heterocycles. The van der Waals surface area contributed by atoms with Crippen molar-refractivity contribution in [1.82, 2.24) is 0 Å². The number of nitrogens with zero attached hydrogens (tertiary/aromatic N) is 2. The summed E-state index contributed by atoms with van der Waals surface area (Å²) in [4.78, 5) is 7.89. The molecule has 2 nitrogen and oxygen atoms in total. The van der Waals surface area contributed by atoms with Gasteiger partial charge >= 0.3 is 20.4 Å². The van der Waals surface area contributed by atoms with Crippen molar-refractivity contribution >= 4 is 11.4 Å². The zero-order valence-corrected chi connectivity index (χ0v) is 9.77. The molecule has 0 radical (unpaired) electrons. The van der Waals surface area contributed by atoms with Gasteiger partial charge in [-0.2, -0.15) is 0 Å². The van der Waals surface area contributed by atoms with Crippen molar-refractivity contribution in [3.8, 4) is 0 Å². The largest absolute Gasteiger partial charge is 2.00 e. The van der Waals surface area contributed by atoms with E-state index >= 15 is 0 Å². The summed E-state index contributed by atoms with van der Waals surface area (Å²) in [6, 6.07) is 0. The average molecular weight is 249 g/mol. The van der Waals surface area contributed by atoms with Gasteiger partial charge in [0.15, 0.2) is 0 Å². The van der Waals surface area contributed by atoms with E-state index < -0.39 is 0 Å². The molecule has 0 aromatic heterocycles. The van der Waals surface area contributed by atoms with E-state index in [1.807, 2.05) is 13.8 Å². The van der Waals surface area contributed by atoms with Crippen molar-refractivity contribution in [3.05, 3.63) is 14.9 Å². The maximum absolute atomic E-state index is 3.95. The van der Waals surface area contributed by atoms with Gasteiger partial charge in [-0.1, -0.05) is 0 Å². The van der Waals surface area contributed by atoms with Crippen LogP contribution in [0.15, 0.2) is 9.98 Å². The van der Waals surface area contributed by atoms with Gasteiger partial charge in [-0.05, 0) is 13.8 Å². The van der Waals surface area contributed by atoms with Gasteiger partial charge in [0.05, 0.1) is 11.4 Å². The Kier molecular flexibility index (Phi) is 25.8. The molecule has 0 atom stereocenters. The molecular weight excluding hydrogens is 231 g/mol. The number of hydrogen-bond acceptors (Lipinski definition) is 2. The quantitative estimate of drug-likeness (QED) is 0.386. The maximum Gasteiger partial charge on any atom is 2.00 e. The molecule has 0 heterocycles. The molecule has 0 N–H and O–H groups in total. The van der Waals surface area contributed by atoms with Gasteiger partial charge in [0, 0.05) is 14.1 Å². The Hall–Kier alpha value is 0.00234. The molecule has 11 heavy (non-hydrogen) atoms. The predicted octanol–water partition coefficient (Wildman–Crippen LogP) is 2.07. The van der Waals surface area contributed by atoms with E-state index in [-0.39, 0.29) is 35.3 Å². The van der Waals surface area contributed by atoms with Crippen LogP contribution in [0.25, 0.3) is 0 Å². The summed E-state index contributed by atoms with van der Waals surface area (Å²) in [5.74, 6) is 0. The zero-order valence-electron chi connectivity index (χ0n) is 8.21. The van der Waals surface area contributed by atoms with Crippen LogP contribution in [0.4, 0.5) is 0 Å². The van der Waals surface area contributed by atoms with Gasteiger partial charge in [-0.3, -0.25) is 9.98 Å². The first kappa shape index (κ1) is 22.4. The molecule has 0 unspecified atom stereocenters. The molecule has 0 aromatic carbocycles. The van der Waals surface area contributed by atoms with E-state index in [0.29, 0.717) is 0 Å². The van der Waals surface area contributed by atoms with Crippen LogP contribution in [0.3, 0.4) is 0 Å². The first-order valence-electron chi connectivity index (χ1n) is 2.59. The van der Waals surface area contributed by atoms with E-state index in [0.717, 1.165) is 11.4 Å². The first-order valence-corrected chi connectivity index (χ1v) is 2.59. The number of aliphatic imine (C=N–C) groups is 2. The Morgan fingerprint density at radius 1 is 0.818 bits per heavy atom. The van der Waals surface area contributed by atoms with Crippen molar-refractivity contribution in [2.24, 2.45) is 9.98 Å². The Bertz CT molecular complexity index is 112. The fourth-order valence-electron chi connectivity index (χ4n) is 0.324. The van der Waals surface area contributed by atoms with E-state index in [2.05, 4.69) is 9.98 Å². The van der Waals surface area contributed by atoms with Crippen LogP contribution < -0.4 is 0 Å². The van der Waals surface area contributed by atoms with Crippen molar-refractivity contribution in [2.45, 2.75) is 13.8 Å². The van der Waals surface area contributed by atoms with Crippen LogP contribution in [-0.4, -0.2) is 25.5 Å². The third kappa shape index (κ3) is 10.0. The Morgan fingerprint density at radius 2 is 1.00 bits per heavy atom. The van der Waals surface area contributed by atoms with Crippen LogP contribution in [0.2, 0.25) is 0 Å². The standard InChI is InChI=1S/C6H12N2.2CH3.Pd/c1-5(7-3)6(2)8-4;;;/h1-4H3;2*1H3;/q;2*-1;+2. The predicted molar refractivity (Wildman–Crippen MR) is 50.9 cm³/mol. The zero-order chi connectivity index (χ0) is 6.57. The molecule has 70 valence electrons. The summed E-state index contributed by atoms with van der Waals surface area (Å²) in [7, 11) is 3.54. The first-order chi connectivity index (χ1) is 3.72. The summed E-state index contributed by atoms with van der Waals surface area (Å²) in [6.07, 6.45) is 0. The van der Waals surface area contributed by atoms with Gasteiger partial charge in [-0.25, -0.2) is 0 Å². The van der Waals surface area contributed by atoms with Crippen molar-refractivity contribution in [1.29, 1.82) is 0 Å². The van der Waals surface area contributed by atoms with Gasteiger partial charge in [0.25, 0.3) is 0 Å². The Morgan fingerprint density at radius 3 is 1.09 bits per heavy atom. The van der Waals surface area contributed by atoms with E-state index in [4.69, 9.17) is 0 Å². The minimum atomic E-state index is 0. The summed E-state index contributed by atoms with van der Waals surface area (Å²) >= 11 is 0. The second-order valence-electron chi connectivity index (χ2n) is 1.62. The van der Waals surface area contributed by atoms with E-state index in [9.17, 15) is 0 Å². The third-order valence-electron chi connectivity index (χ3n) is 1.19. The Balaban J connectivity index is -0.0000000817. The van der Waals surface area contributed by atoms with Crippen LogP contribution in [-0.2, 0) is 20.4 Å². The van der Waals surface area contributed by atoms with E-state index in [1.165, 1.54) is 0 Å². The molecule has 0 aliphatic carbocycles. The van der Waals surface area contributed by atoms with Crippen molar-refractivity contribution in [3.63, 3.8) is 0 Å². The second kappa shape index (κ2) is 12.7. The van der Waals surface area contributed by atoms with Gasteiger partial charge in [0.1, 0.15) is 0 Å². The molecule has 0 saturated carbocycles. The molecule has 0 amide bonds. The molecule has 3 heteroatoms. The van der Waals surface area contributed by atoms with Gasteiger partial charge in [0.2, 0.25) is 0 Å². The van der Waals surface area contributed by atoms with Crippen molar-refractivity contribution in [2.75, 3.05) is 14.1 Å². The smallest absolute Gasteiger partial charge is 0.358 e. The van der Waals surface area contributed by atoms with Crippen LogP contribution >= 0.6 is 0 Å².